The van der Waals surface area contributed by atoms with Crippen molar-refractivity contribution in [1.29, 1.82) is 0 Å². The molecule has 0 unspecified atom stereocenters. The van der Waals surface area contributed by atoms with Crippen molar-refractivity contribution in [2.45, 2.75) is 207 Å². The van der Waals surface area contributed by atoms with Crippen LogP contribution in [0.4, 0.5) is 0 Å². The van der Waals surface area contributed by atoms with Gasteiger partial charge < -0.3 is 0 Å². The van der Waals surface area contributed by atoms with E-state index in [2.05, 4.69) is 104 Å². The molecule has 3 rings (SSSR count). The maximum atomic E-state index is 2.34. The highest BCUT2D eigenvalue weighted by Gasteiger charge is 2.12. The Morgan fingerprint density at radius 1 is 0.486 bits per heavy atom. The van der Waals surface area contributed by atoms with Gasteiger partial charge in [-0.05, 0) is 35.0 Å². The molecule has 0 aromatic rings. The highest BCUT2D eigenvalue weighted by molar-refractivity contribution is 4.65. The smallest absolute Gasteiger partial charge is 0.0411 e. The normalized spacial score (nSPS) is 16.5. The van der Waals surface area contributed by atoms with Crippen molar-refractivity contribution in [2.75, 3.05) is 0 Å². The van der Waals surface area contributed by atoms with Gasteiger partial charge in [0.15, 0.2) is 0 Å². The van der Waals surface area contributed by atoms with Crippen LogP contribution in [-0.2, 0) is 0 Å². The lowest BCUT2D eigenvalue weighted by Gasteiger charge is -2.18. The van der Waals surface area contributed by atoms with Gasteiger partial charge >= 0.3 is 0 Å². The van der Waals surface area contributed by atoms with Crippen LogP contribution in [0.5, 0.6) is 0 Å². The second-order valence-corrected chi connectivity index (χ2v) is 14.8. The van der Waals surface area contributed by atoms with Gasteiger partial charge in [-0.3, -0.25) is 0 Å². The minimum absolute atomic E-state index is 0.500. The van der Waals surface area contributed by atoms with Gasteiger partial charge in [0.1, 0.15) is 0 Å². The summed E-state index contributed by atoms with van der Waals surface area (Å²) in [4.78, 5) is 0. The first-order valence-corrected chi connectivity index (χ1v) is 17.1. The average molecular weight is 527 g/mol. The molecule has 0 N–H and O–H groups in total. The van der Waals surface area contributed by atoms with Gasteiger partial charge in [-0.25, -0.2) is 0 Å². The van der Waals surface area contributed by atoms with Crippen molar-refractivity contribution in [3.8, 4) is 0 Å². The monoisotopic (exact) mass is 527 g/mol. The summed E-state index contributed by atoms with van der Waals surface area (Å²) in [7, 11) is 0. The van der Waals surface area contributed by atoms with Gasteiger partial charge in [-0.2, -0.15) is 0 Å². The lowest BCUT2D eigenvalue weighted by Crippen LogP contribution is -2.04. The molecule has 3 fully saturated rings. The summed E-state index contributed by atoms with van der Waals surface area (Å²) in [5.74, 6) is 4.96. The molecule has 3 aliphatic rings. The molecule has 3 aliphatic carbocycles. The molecular formula is C37H82. The summed E-state index contributed by atoms with van der Waals surface area (Å²) in [5, 5.41) is 0. The molecule has 0 atom stereocenters. The highest BCUT2D eigenvalue weighted by Crippen LogP contribution is 2.26. The molecule has 0 amide bonds. The van der Waals surface area contributed by atoms with Gasteiger partial charge in [0.25, 0.3) is 0 Å². The number of hydrogen-bond acceptors (Lipinski definition) is 0. The van der Waals surface area contributed by atoms with Gasteiger partial charge in [-0.1, -0.05) is 207 Å². The Balaban J connectivity index is -0.000000173. The van der Waals surface area contributed by atoms with Crippen molar-refractivity contribution in [3.05, 3.63) is 0 Å². The SMILES string of the molecule is CC(C)(C)C.CC1CC1.CC1CCC1.CC1CCCC1.CCC(C)C.CCC(C)C.CCCCCCC. The van der Waals surface area contributed by atoms with Crippen molar-refractivity contribution < 1.29 is 0 Å². The van der Waals surface area contributed by atoms with Crippen molar-refractivity contribution in [3.63, 3.8) is 0 Å². The third-order valence-electron chi connectivity index (χ3n) is 6.74. The van der Waals surface area contributed by atoms with Crippen LogP contribution in [0.2, 0.25) is 0 Å². The summed E-state index contributed by atoms with van der Waals surface area (Å²) in [6, 6.07) is 0. The minimum atomic E-state index is 0.500. The molecule has 0 spiro atoms. The standard InChI is InChI=1S/C7H16.C6H12.C5H10.3C5H12.C4H8/c1-3-5-7-6-4-2;1-6-4-2-3-5-6;1-5-3-2-4-5;1-5(2,3)4;2*1-4-5(2)3;1-4-2-3-4/h3-7H2,1-2H3;6H,2-5H2,1H3;5H,2-4H2,1H3;1-4H3;2*5H,4H2,1-3H3;4H,2-3H2,1H3. The first-order chi connectivity index (χ1) is 17.1. The molecular weight excluding hydrogens is 444 g/mol. The quantitative estimate of drug-likeness (QED) is 0.302. The topological polar surface area (TPSA) is 0 Å². The molecule has 0 aromatic carbocycles. The number of hydrogen-bond donors (Lipinski definition) is 0. The lowest BCUT2D eigenvalue weighted by atomic mass is 9.88. The Morgan fingerprint density at radius 2 is 0.730 bits per heavy atom. The Morgan fingerprint density at radius 3 is 0.811 bits per heavy atom. The Hall–Kier alpha value is 0. The number of rotatable bonds is 6. The van der Waals surface area contributed by atoms with E-state index in [1.165, 1.54) is 103 Å². The van der Waals surface area contributed by atoms with Crippen LogP contribution in [0, 0.1) is 35.0 Å². The molecule has 0 nitrogen and oxygen atoms in total. The molecule has 0 saturated heterocycles. The van der Waals surface area contributed by atoms with E-state index in [-0.39, 0.29) is 0 Å². The first kappa shape index (κ1) is 44.0. The molecule has 0 heteroatoms. The van der Waals surface area contributed by atoms with Crippen molar-refractivity contribution in [2.24, 2.45) is 35.0 Å². The van der Waals surface area contributed by atoms with Gasteiger partial charge in [0.2, 0.25) is 0 Å². The van der Waals surface area contributed by atoms with Crippen molar-refractivity contribution in [1.82, 2.24) is 0 Å². The summed E-state index contributed by atoms with van der Waals surface area (Å²) in [5.41, 5.74) is 0.500. The summed E-state index contributed by atoms with van der Waals surface area (Å²) < 4.78 is 0. The first-order valence-electron chi connectivity index (χ1n) is 17.1. The Labute approximate surface area is 241 Å². The fourth-order valence-electron chi connectivity index (χ4n) is 2.59. The molecule has 0 heterocycles. The highest BCUT2D eigenvalue weighted by atomic mass is 14.2. The zero-order valence-electron chi connectivity index (χ0n) is 29.7. The fourth-order valence-corrected chi connectivity index (χ4v) is 2.59. The van der Waals surface area contributed by atoms with Gasteiger partial charge in [0.05, 0.1) is 0 Å². The zero-order chi connectivity index (χ0) is 29.7. The zero-order valence-corrected chi connectivity index (χ0v) is 29.7. The van der Waals surface area contributed by atoms with E-state index in [1.807, 2.05) is 0 Å². The number of unbranched alkanes of at least 4 members (excludes halogenated alkanes) is 4. The van der Waals surface area contributed by atoms with E-state index in [9.17, 15) is 0 Å². The van der Waals surface area contributed by atoms with Crippen LogP contribution in [0.1, 0.15) is 207 Å². The van der Waals surface area contributed by atoms with Crippen LogP contribution < -0.4 is 0 Å². The third-order valence-corrected chi connectivity index (χ3v) is 6.74. The van der Waals surface area contributed by atoms with E-state index in [0.717, 1.165) is 29.6 Å². The minimum Gasteiger partial charge on any atom is -0.0654 e. The second-order valence-electron chi connectivity index (χ2n) is 14.8. The van der Waals surface area contributed by atoms with Gasteiger partial charge in [0, 0.05) is 0 Å². The van der Waals surface area contributed by atoms with E-state index >= 15 is 0 Å². The predicted octanol–water partition coefficient (Wildman–Crippen LogP) is 14.6. The Kier molecular flexibility index (Phi) is 38.3. The predicted molar refractivity (Wildman–Crippen MR) is 179 cm³/mol. The van der Waals surface area contributed by atoms with E-state index < -0.39 is 0 Å². The molecule has 3 saturated carbocycles. The molecule has 230 valence electrons. The molecule has 0 radical (unpaired) electrons. The molecule has 0 bridgehead atoms. The largest absolute Gasteiger partial charge is 0.0654 e. The second kappa shape index (κ2) is 32.2. The van der Waals surface area contributed by atoms with Crippen LogP contribution in [-0.4, -0.2) is 0 Å². The van der Waals surface area contributed by atoms with E-state index in [0.29, 0.717) is 5.41 Å². The lowest BCUT2D eigenvalue weighted by molar-refractivity contribution is 0.346. The Bertz CT molecular complexity index is 334. The van der Waals surface area contributed by atoms with Crippen LogP contribution in [0.25, 0.3) is 0 Å². The van der Waals surface area contributed by atoms with E-state index in [1.54, 1.807) is 0 Å². The average Bonchev–Trinajstić information content (AvgIpc) is 3.43. The third kappa shape index (κ3) is 72.2. The summed E-state index contributed by atoms with van der Waals surface area (Å²) in [6.45, 7) is 33.5. The molecule has 37 heavy (non-hydrogen) atoms. The summed E-state index contributed by atoms with van der Waals surface area (Å²) in [6.07, 6.45) is 23.0. The fraction of sp³-hybridized carbons (Fsp3) is 1.00. The maximum absolute atomic E-state index is 2.34. The van der Waals surface area contributed by atoms with Crippen LogP contribution in [0.3, 0.4) is 0 Å². The van der Waals surface area contributed by atoms with Crippen molar-refractivity contribution >= 4 is 0 Å². The van der Waals surface area contributed by atoms with E-state index in [4.69, 9.17) is 0 Å². The maximum Gasteiger partial charge on any atom is -0.0411 e. The van der Waals surface area contributed by atoms with Crippen LogP contribution in [0.15, 0.2) is 0 Å². The van der Waals surface area contributed by atoms with Crippen LogP contribution >= 0.6 is 0 Å². The molecule has 0 aromatic heterocycles. The van der Waals surface area contributed by atoms with Gasteiger partial charge in [-0.15, -0.1) is 0 Å². The summed E-state index contributed by atoms with van der Waals surface area (Å²) >= 11 is 0. The molecule has 0 aliphatic heterocycles.